The summed E-state index contributed by atoms with van der Waals surface area (Å²) in [5, 5.41) is 3.37. The fourth-order valence-corrected chi connectivity index (χ4v) is 3.82. The predicted octanol–water partition coefficient (Wildman–Crippen LogP) is 2.46. The molecule has 2 aliphatic rings. The summed E-state index contributed by atoms with van der Waals surface area (Å²) in [5.41, 5.74) is 0.264. The van der Waals surface area contributed by atoms with Crippen molar-refractivity contribution < 1.29 is 13.9 Å². The van der Waals surface area contributed by atoms with E-state index in [0.29, 0.717) is 13.2 Å². The monoisotopic (exact) mass is 364 g/mol. The molecule has 0 aliphatic carbocycles. The quantitative estimate of drug-likeness (QED) is 0.494. The highest BCUT2D eigenvalue weighted by atomic mass is 19.1. The van der Waals surface area contributed by atoms with E-state index < -0.39 is 5.82 Å². The zero-order valence-corrected chi connectivity index (χ0v) is 15.5. The molecule has 1 aromatic heterocycles. The van der Waals surface area contributed by atoms with E-state index >= 15 is 0 Å². The number of aliphatic imine (C=N–C) groups is 1. The van der Waals surface area contributed by atoms with Gasteiger partial charge in [0.05, 0.1) is 13.2 Å². The number of pyridine rings is 1. The Hall–Kier alpha value is -1.89. The van der Waals surface area contributed by atoms with E-state index in [2.05, 4.69) is 27.1 Å². The molecular weight excluding hydrogens is 335 g/mol. The van der Waals surface area contributed by atoms with Gasteiger partial charge in [0.2, 0.25) is 5.88 Å². The van der Waals surface area contributed by atoms with Gasteiger partial charge in [0.15, 0.2) is 11.8 Å². The van der Waals surface area contributed by atoms with Crippen LogP contribution in [0.3, 0.4) is 0 Å². The third kappa shape index (κ3) is 4.84. The molecule has 0 aromatic carbocycles. The van der Waals surface area contributed by atoms with Crippen molar-refractivity contribution in [3.8, 4) is 5.88 Å². The van der Waals surface area contributed by atoms with Crippen LogP contribution in [0.2, 0.25) is 0 Å². The maximum Gasteiger partial charge on any atom is 0.250 e. The molecule has 2 fully saturated rings. The van der Waals surface area contributed by atoms with Gasteiger partial charge < -0.3 is 19.7 Å². The number of likely N-dealkylation sites (tertiary alicyclic amines) is 1. The van der Waals surface area contributed by atoms with E-state index in [0.717, 1.165) is 51.6 Å². The van der Waals surface area contributed by atoms with Crippen LogP contribution in [0.4, 0.5) is 4.39 Å². The minimum atomic E-state index is -0.446. The van der Waals surface area contributed by atoms with Crippen LogP contribution in [0.25, 0.3) is 0 Å². The van der Waals surface area contributed by atoms with E-state index in [4.69, 9.17) is 9.47 Å². The molecule has 7 heteroatoms. The predicted molar refractivity (Wildman–Crippen MR) is 99.0 cm³/mol. The molecule has 1 spiro atoms. The molecule has 144 valence electrons. The maximum atomic E-state index is 13.5. The second kappa shape index (κ2) is 9.16. The molecule has 3 heterocycles. The lowest BCUT2D eigenvalue weighted by Crippen LogP contribution is -2.53. The van der Waals surface area contributed by atoms with Crippen molar-refractivity contribution in [1.82, 2.24) is 15.2 Å². The number of aromatic nitrogens is 1. The standard InChI is InChI=1S/C19H29FN4O2/c1-2-21-18(23-10-13-26-17-16(20)6-3-9-22-17)24-11-4-7-19(14-24)8-5-12-25-15-19/h3,6,9H,2,4-5,7-8,10-15H2,1H3,(H,21,23). The Morgan fingerprint density at radius 3 is 3.12 bits per heavy atom. The molecule has 1 aromatic rings. The summed E-state index contributed by atoms with van der Waals surface area (Å²) in [4.78, 5) is 10.9. The minimum absolute atomic E-state index is 0.0315. The molecule has 6 nitrogen and oxygen atoms in total. The van der Waals surface area contributed by atoms with Crippen molar-refractivity contribution in [3.05, 3.63) is 24.1 Å². The molecule has 1 N–H and O–H groups in total. The summed E-state index contributed by atoms with van der Waals surface area (Å²) in [7, 11) is 0. The summed E-state index contributed by atoms with van der Waals surface area (Å²) in [6.45, 7) is 7.36. The van der Waals surface area contributed by atoms with Gasteiger partial charge in [-0.05, 0) is 44.7 Å². The highest BCUT2D eigenvalue weighted by molar-refractivity contribution is 5.80. The molecule has 2 saturated heterocycles. The van der Waals surface area contributed by atoms with Gasteiger partial charge in [0.1, 0.15) is 6.61 Å². The summed E-state index contributed by atoms with van der Waals surface area (Å²) < 4.78 is 24.7. The average molecular weight is 364 g/mol. The fourth-order valence-electron chi connectivity index (χ4n) is 3.82. The van der Waals surface area contributed by atoms with Crippen LogP contribution in [0.15, 0.2) is 23.3 Å². The van der Waals surface area contributed by atoms with Gasteiger partial charge in [0, 0.05) is 37.9 Å². The van der Waals surface area contributed by atoms with Crippen molar-refractivity contribution in [2.45, 2.75) is 32.6 Å². The van der Waals surface area contributed by atoms with Crippen LogP contribution in [-0.4, -0.2) is 61.8 Å². The molecular formula is C19H29FN4O2. The SMILES string of the molecule is CCNC(=NCCOc1ncccc1F)N1CCCC2(CCCOC2)C1. The van der Waals surface area contributed by atoms with E-state index in [1.807, 2.05) is 0 Å². The Morgan fingerprint density at radius 2 is 2.35 bits per heavy atom. The van der Waals surface area contributed by atoms with E-state index in [9.17, 15) is 4.39 Å². The molecule has 1 atom stereocenters. The fraction of sp³-hybridized carbons (Fsp3) is 0.684. The average Bonchev–Trinajstić information content (AvgIpc) is 2.66. The van der Waals surface area contributed by atoms with Crippen LogP contribution < -0.4 is 10.1 Å². The van der Waals surface area contributed by atoms with E-state index in [1.54, 1.807) is 6.07 Å². The number of nitrogens with one attached hydrogen (secondary N) is 1. The maximum absolute atomic E-state index is 13.5. The number of piperidine rings is 1. The van der Waals surface area contributed by atoms with Crippen molar-refractivity contribution in [2.75, 3.05) is 46.0 Å². The first-order valence-electron chi connectivity index (χ1n) is 9.57. The number of hydrogen-bond donors (Lipinski definition) is 1. The van der Waals surface area contributed by atoms with Gasteiger partial charge in [-0.15, -0.1) is 0 Å². The number of rotatable bonds is 5. The molecule has 0 amide bonds. The van der Waals surface area contributed by atoms with Crippen LogP contribution >= 0.6 is 0 Å². The number of guanidine groups is 1. The van der Waals surface area contributed by atoms with Gasteiger partial charge in [-0.3, -0.25) is 0 Å². The highest BCUT2D eigenvalue weighted by Crippen LogP contribution is 2.37. The topological polar surface area (TPSA) is 59.0 Å². The second-order valence-electron chi connectivity index (χ2n) is 7.06. The van der Waals surface area contributed by atoms with Gasteiger partial charge >= 0.3 is 0 Å². The Balaban J connectivity index is 1.57. The molecule has 0 radical (unpaired) electrons. The number of ether oxygens (including phenoxy) is 2. The van der Waals surface area contributed by atoms with Crippen molar-refractivity contribution in [3.63, 3.8) is 0 Å². The second-order valence-corrected chi connectivity index (χ2v) is 7.06. The zero-order valence-electron chi connectivity index (χ0n) is 15.5. The Morgan fingerprint density at radius 1 is 1.46 bits per heavy atom. The van der Waals surface area contributed by atoms with Gasteiger partial charge in [-0.25, -0.2) is 14.4 Å². The van der Waals surface area contributed by atoms with E-state index in [1.165, 1.54) is 25.1 Å². The Kier molecular flexibility index (Phi) is 6.66. The first-order valence-corrected chi connectivity index (χ1v) is 9.57. The van der Waals surface area contributed by atoms with Gasteiger partial charge in [0.25, 0.3) is 0 Å². The summed E-state index contributed by atoms with van der Waals surface area (Å²) in [5.74, 6) is 0.491. The van der Waals surface area contributed by atoms with Crippen molar-refractivity contribution in [2.24, 2.45) is 10.4 Å². The molecule has 26 heavy (non-hydrogen) atoms. The first kappa shape index (κ1) is 18.9. The Bertz CT molecular complexity index is 599. The zero-order chi connectivity index (χ0) is 18.2. The first-order chi connectivity index (χ1) is 12.7. The lowest BCUT2D eigenvalue weighted by Gasteiger charge is -2.45. The lowest BCUT2D eigenvalue weighted by atomic mass is 9.76. The van der Waals surface area contributed by atoms with Gasteiger partial charge in [-0.2, -0.15) is 0 Å². The molecule has 2 aliphatic heterocycles. The minimum Gasteiger partial charge on any atom is -0.474 e. The van der Waals surface area contributed by atoms with Crippen LogP contribution in [0.1, 0.15) is 32.6 Å². The molecule has 1 unspecified atom stereocenters. The number of halogens is 1. The van der Waals surface area contributed by atoms with E-state index in [-0.39, 0.29) is 11.3 Å². The lowest BCUT2D eigenvalue weighted by molar-refractivity contribution is -0.0370. The summed E-state index contributed by atoms with van der Waals surface area (Å²) in [6.07, 6.45) is 6.27. The summed E-state index contributed by atoms with van der Waals surface area (Å²) >= 11 is 0. The third-order valence-electron chi connectivity index (χ3n) is 5.02. The normalized spacial score (nSPS) is 23.9. The molecule has 3 rings (SSSR count). The van der Waals surface area contributed by atoms with Crippen LogP contribution in [0, 0.1) is 11.2 Å². The van der Waals surface area contributed by atoms with Crippen molar-refractivity contribution >= 4 is 5.96 Å². The van der Waals surface area contributed by atoms with Crippen molar-refractivity contribution in [1.29, 1.82) is 0 Å². The highest BCUT2D eigenvalue weighted by Gasteiger charge is 2.38. The van der Waals surface area contributed by atoms with Crippen LogP contribution in [-0.2, 0) is 4.74 Å². The third-order valence-corrected chi connectivity index (χ3v) is 5.02. The van der Waals surface area contributed by atoms with Gasteiger partial charge in [-0.1, -0.05) is 0 Å². The van der Waals surface area contributed by atoms with Crippen LogP contribution in [0.5, 0.6) is 5.88 Å². The smallest absolute Gasteiger partial charge is 0.250 e. The number of nitrogens with zero attached hydrogens (tertiary/aromatic N) is 3. The Labute approximate surface area is 154 Å². The summed E-state index contributed by atoms with van der Waals surface area (Å²) in [6, 6.07) is 2.89. The number of hydrogen-bond acceptors (Lipinski definition) is 4. The largest absolute Gasteiger partial charge is 0.474 e. The molecule has 0 saturated carbocycles. The molecule has 0 bridgehead atoms.